The number of rotatable bonds is 12. The predicted octanol–water partition coefficient (Wildman–Crippen LogP) is 8.20. The van der Waals surface area contributed by atoms with Crippen molar-refractivity contribution in [2.24, 2.45) is 0 Å². The van der Waals surface area contributed by atoms with Crippen molar-refractivity contribution in [2.45, 2.75) is 82.8 Å². The smallest absolute Gasteiger partial charge is 0.264 e. The molecule has 0 bridgehead atoms. The molecule has 0 aliphatic heterocycles. The van der Waals surface area contributed by atoms with Gasteiger partial charge in [-0.2, -0.15) is 0 Å². The molecule has 10 heteroatoms. The second kappa shape index (κ2) is 16.2. The maximum Gasteiger partial charge on any atom is 0.264 e. The van der Waals surface area contributed by atoms with Gasteiger partial charge in [0.1, 0.15) is 12.6 Å². The van der Waals surface area contributed by atoms with E-state index in [4.69, 9.17) is 23.2 Å². The average molecular weight is 721 g/mol. The molecule has 1 fully saturated rings. The topological polar surface area (TPSA) is 86.8 Å². The van der Waals surface area contributed by atoms with Crippen molar-refractivity contribution in [3.05, 3.63) is 129 Å². The summed E-state index contributed by atoms with van der Waals surface area (Å²) < 4.78 is 29.8. The van der Waals surface area contributed by atoms with Crippen LogP contribution in [0.1, 0.15) is 59.9 Å². The summed E-state index contributed by atoms with van der Waals surface area (Å²) in [4.78, 5) is 30.6. The van der Waals surface area contributed by atoms with Crippen LogP contribution in [0.15, 0.2) is 95.9 Å². The molecule has 1 atom stereocenters. The summed E-state index contributed by atoms with van der Waals surface area (Å²) in [5, 5.41) is 3.90. The zero-order valence-electron chi connectivity index (χ0n) is 28.2. The maximum atomic E-state index is 14.8. The summed E-state index contributed by atoms with van der Waals surface area (Å²) >= 11 is 13.3. The van der Waals surface area contributed by atoms with E-state index in [2.05, 4.69) is 5.32 Å². The Hall–Kier alpha value is -3.85. The van der Waals surface area contributed by atoms with Gasteiger partial charge in [0, 0.05) is 34.6 Å². The molecule has 0 saturated heterocycles. The Morgan fingerprint density at radius 1 is 0.816 bits per heavy atom. The van der Waals surface area contributed by atoms with Crippen LogP contribution < -0.4 is 9.62 Å². The number of sulfonamides is 1. The van der Waals surface area contributed by atoms with E-state index in [9.17, 15) is 18.0 Å². The summed E-state index contributed by atoms with van der Waals surface area (Å²) in [6.07, 6.45) is 5.11. The van der Waals surface area contributed by atoms with Crippen LogP contribution in [0.25, 0.3) is 0 Å². The first-order valence-electron chi connectivity index (χ1n) is 16.7. The Labute approximate surface area is 300 Å². The summed E-state index contributed by atoms with van der Waals surface area (Å²) in [7, 11) is -4.21. The van der Waals surface area contributed by atoms with E-state index >= 15 is 0 Å². The molecule has 2 amide bonds. The van der Waals surface area contributed by atoms with Gasteiger partial charge in [0.25, 0.3) is 10.0 Å². The molecule has 258 valence electrons. The maximum absolute atomic E-state index is 14.8. The number of amides is 2. The van der Waals surface area contributed by atoms with Crippen LogP contribution in [0, 0.1) is 20.8 Å². The fourth-order valence-electron chi connectivity index (χ4n) is 6.20. The van der Waals surface area contributed by atoms with Crippen LogP contribution in [0.4, 0.5) is 5.69 Å². The second-order valence-corrected chi connectivity index (χ2v) is 15.5. The monoisotopic (exact) mass is 719 g/mol. The molecule has 1 aliphatic rings. The molecule has 7 nitrogen and oxygen atoms in total. The van der Waals surface area contributed by atoms with Crippen molar-refractivity contribution >= 4 is 50.7 Å². The highest BCUT2D eigenvalue weighted by molar-refractivity contribution is 7.92. The summed E-state index contributed by atoms with van der Waals surface area (Å²) in [5.41, 5.74) is 4.44. The quantitative estimate of drug-likeness (QED) is 0.160. The Bertz CT molecular complexity index is 1860. The molecule has 5 rings (SSSR count). The van der Waals surface area contributed by atoms with Gasteiger partial charge in [0.2, 0.25) is 11.8 Å². The first kappa shape index (κ1) is 36.4. The van der Waals surface area contributed by atoms with Crippen molar-refractivity contribution in [2.75, 3.05) is 10.8 Å². The zero-order valence-corrected chi connectivity index (χ0v) is 30.5. The molecule has 4 aromatic rings. The summed E-state index contributed by atoms with van der Waals surface area (Å²) in [5.74, 6) is -0.865. The van der Waals surface area contributed by atoms with E-state index < -0.39 is 28.5 Å². The van der Waals surface area contributed by atoms with E-state index in [1.54, 1.807) is 54.6 Å². The molecular formula is C39H43Cl2N3O4S. The predicted molar refractivity (Wildman–Crippen MR) is 198 cm³/mol. The lowest BCUT2D eigenvalue weighted by molar-refractivity contribution is -0.140. The molecule has 0 spiro atoms. The van der Waals surface area contributed by atoms with Crippen LogP contribution in [0.3, 0.4) is 0 Å². The lowest BCUT2D eigenvalue weighted by Gasteiger charge is -2.35. The summed E-state index contributed by atoms with van der Waals surface area (Å²) in [6.45, 7) is 5.07. The molecular weight excluding hydrogens is 677 g/mol. The molecule has 1 N–H and O–H groups in total. The van der Waals surface area contributed by atoms with Crippen molar-refractivity contribution < 1.29 is 18.0 Å². The minimum Gasteiger partial charge on any atom is -0.352 e. The lowest BCUT2D eigenvalue weighted by Crippen LogP contribution is -2.55. The van der Waals surface area contributed by atoms with Gasteiger partial charge in [-0.3, -0.25) is 13.9 Å². The highest BCUT2D eigenvalue weighted by atomic mass is 35.5. The molecule has 1 unspecified atom stereocenters. The number of carbonyl (C=O) groups is 2. The number of nitrogens with zero attached hydrogens (tertiary/aromatic N) is 2. The number of hydrogen-bond donors (Lipinski definition) is 1. The van der Waals surface area contributed by atoms with Crippen molar-refractivity contribution in [3.63, 3.8) is 0 Å². The average Bonchev–Trinajstić information content (AvgIpc) is 3.08. The van der Waals surface area contributed by atoms with Gasteiger partial charge in [-0.05, 0) is 86.7 Å². The van der Waals surface area contributed by atoms with Crippen LogP contribution in [0.2, 0.25) is 10.0 Å². The van der Waals surface area contributed by atoms with E-state index in [0.717, 1.165) is 58.7 Å². The number of carbonyl (C=O) groups excluding carboxylic acids is 2. The van der Waals surface area contributed by atoms with Gasteiger partial charge in [-0.15, -0.1) is 0 Å². The first-order valence-corrected chi connectivity index (χ1v) is 18.9. The van der Waals surface area contributed by atoms with Crippen molar-refractivity contribution in [1.82, 2.24) is 10.2 Å². The third kappa shape index (κ3) is 9.04. The Morgan fingerprint density at radius 3 is 2.10 bits per heavy atom. The van der Waals surface area contributed by atoms with Gasteiger partial charge >= 0.3 is 0 Å². The molecule has 4 aromatic carbocycles. The number of aryl methyl sites for hydroxylation is 3. The Balaban J connectivity index is 1.60. The number of nitrogens with one attached hydrogen (secondary N) is 1. The Kier molecular flexibility index (Phi) is 12.1. The minimum absolute atomic E-state index is 0.00526. The van der Waals surface area contributed by atoms with Crippen LogP contribution in [-0.4, -0.2) is 43.8 Å². The molecule has 1 saturated carbocycles. The van der Waals surface area contributed by atoms with Gasteiger partial charge < -0.3 is 10.2 Å². The fraction of sp³-hybridized carbons (Fsp3) is 0.333. The SMILES string of the molecule is Cc1ccc(S(=O)(=O)N(CC(=O)N(Cc2c(Cl)cccc2Cl)C(Cc2ccccc2)C(=O)NC2CCCCC2)c2ccc(C)c(C)c2)cc1. The van der Waals surface area contributed by atoms with E-state index in [1.807, 2.05) is 57.2 Å². The van der Waals surface area contributed by atoms with E-state index in [-0.39, 0.29) is 29.8 Å². The van der Waals surface area contributed by atoms with Crippen molar-refractivity contribution in [1.29, 1.82) is 0 Å². The third-order valence-electron chi connectivity index (χ3n) is 9.28. The van der Waals surface area contributed by atoms with Crippen LogP contribution in [-0.2, 0) is 32.6 Å². The standard InChI is InChI=1S/C39H43Cl2N3O4S/c1-27-17-21-33(22-18-27)49(47,48)44(32-20-19-28(2)29(3)23-32)26-38(45)43(25-34-35(40)15-10-16-36(34)41)37(24-30-11-6-4-7-12-30)39(46)42-31-13-8-5-9-14-31/h4,6-7,10-12,15-23,31,37H,5,8-9,13-14,24-26H2,1-3H3,(H,42,46). The van der Waals surface area contributed by atoms with Crippen molar-refractivity contribution in [3.8, 4) is 0 Å². The fourth-order valence-corrected chi connectivity index (χ4v) is 8.12. The molecule has 0 radical (unpaired) electrons. The molecule has 1 aliphatic carbocycles. The number of benzene rings is 4. The van der Waals surface area contributed by atoms with E-state index in [0.29, 0.717) is 21.3 Å². The third-order valence-corrected chi connectivity index (χ3v) is 11.8. The minimum atomic E-state index is -4.21. The zero-order chi connectivity index (χ0) is 35.1. The normalized spacial score (nSPS) is 14.2. The van der Waals surface area contributed by atoms with Gasteiger partial charge in [-0.25, -0.2) is 8.42 Å². The van der Waals surface area contributed by atoms with E-state index in [1.165, 1.54) is 4.90 Å². The number of halogens is 2. The molecule has 0 aromatic heterocycles. The van der Waals surface area contributed by atoms with Crippen LogP contribution in [0.5, 0.6) is 0 Å². The van der Waals surface area contributed by atoms with Gasteiger partial charge in [0.15, 0.2) is 0 Å². The first-order chi connectivity index (χ1) is 23.4. The molecule has 0 heterocycles. The second-order valence-electron chi connectivity index (χ2n) is 12.9. The summed E-state index contributed by atoms with van der Waals surface area (Å²) in [6, 6.07) is 25.4. The largest absolute Gasteiger partial charge is 0.352 e. The highest BCUT2D eigenvalue weighted by Gasteiger charge is 2.36. The number of hydrogen-bond acceptors (Lipinski definition) is 4. The molecule has 49 heavy (non-hydrogen) atoms. The van der Waals surface area contributed by atoms with Gasteiger partial charge in [-0.1, -0.05) is 103 Å². The van der Waals surface area contributed by atoms with Crippen LogP contribution >= 0.6 is 23.2 Å². The van der Waals surface area contributed by atoms with Gasteiger partial charge in [0.05, 0.1) is 10.6 Å². The lowest BCUT2D eigenvalue weighted by atomic mass is 9.94. The number of anilines is 1. The highest BCUT2D eigenvalue weighted by Crippen LogP contribution is 2.30. The Morgan fingerprint density at radius 2 is 1.47 bits per heavy atom.